The Morgan fingerprint density at radius 2 is 2.07 bits per heavy atom. The lowest BCUT2D eigenvalue weighted by atomic mass is 9.99. The Morgan fingerprint density at radius 1 is 1.47 bits per heavy atom. The summed E-state index contributed by atoms with van der Waals surface area (Å²) in [6, 6.07) is 0. The third-order valence-electron chi connectivity index (χ3n) is 2.54. The predicted molar refractivity (Wildman–Crippen MR) is 56.9 cm³/mol. The first-order chi connectivity index (χ1) is 6.88. The number of hydrogen-bond acceptors (Lipinski definition) is 4. The topological polar surface area (TPSA) is 78.6 Å². The van der Waals surface area contributed by atoms with E-state index in [2.05, 4.69) is 0 Å². The summed E-state index contributed by atoms with van der Waals surface area (Å²) in [7, 11) is -3.42. The molecule has 15 heavy (non-hydrogen) atoms. The average molecular weight is 237 g/mol. The van der Waals surface area contributed by atoms with Crippen LogP contribution in [0.25, 0.3) is 0 Å². The van der Waals surface area contributed by atoms with Gasteiger partial charge in [0.05, 0.1) is 25.6 Å². The highest BCUT2D eigenvalue weighted by Crippen LogP contribution is 2.15. The molecule has 1 unspecified atom stereocenters. The number of primary sulfonamides is 1. The molecule has 0 radical (unpaired) electrons. The van der Waals surface area contributed by atoms with E-state index in [1.807, 2.05) is 13.8 Å². The van der Waals surface area contributed by atoms with Crippen molar-refractivity contribution in [3.8, 4) is 0 Å². The highest BCUT2D eigenvalue weighted by molar-refractivity contribution is 7.89. The second-order valence-corrected chi connectivity index (χ2v) is 5.99. The van der Waals surface area contributed by atoms with Crippen molar-refractivity contribution in [2.45, 2.75) is 20.0 Å². The molecule has 0 aliphatic carbocycles. The number of rotatable bonds is 6. The van der Waals surface area contributed by atoms with Gasteiger partial charge in [-0.05, 0) is 11.8 Å². The van der Waals surface area contributed by atoms with Crippen molar-refractivity contribution in [3.63, 3.8) is 0 Å². The van der Waals surface area contributed by atoms with Crippen molar-refractivity contribution < 1.29 is 17.9 Å². The van der Waals surface area contributed by atoms with E-state index >= 15 is 0 Å². The van der Waals surface area contributed by atoms with Crippen molar-refractivity contribution in [2.24, 2.45) is 17.0 Å². The molecule has 1 aliphatic heterocycles. The Kier molecular flexibility index (Phi) is 4.51. The molecule has 6 heteroatoms. The van der Waals surface area contributed by atoms with E-state index in [-0.39, 0.29) is 23.7 Å². The maximum atomic E-state index is 11.0. The summed E-state index contributed by atoms with van der Waals surface area (Å²) in [5, 5.41) is 5.02. The van der Waals surface area contributed by atoms with Crippen molar-refractivity contribution >= 4 is 10.0 Å². The lowest BCUT2D eigenvalue weighted by Crippen LogP contribution is -2.39. The summed E-state index contributed by atoms with van der Waals surface area (Å²) in [6.45, 7) is 5.59. The van der Waals surface area contributed by atoms with Gasteiger partial charge in [0.1, 0.15) is 6.10 Å². The summed E-state index contributed by atoms with van der Waals surface area (Å²) in [6.07, 6.45) is 0.131. The largest absolute Gasteiger partial charge is 0.376 e. The van der Waals surface area contributed by atoms with Gasteiger partial charge in [-0.15, -0.1) is 0 Å². The smallest absolute Gasteiger partial charge is 0.209 e. The van der Waals surface area contributed by atoms with Gasteiger partial charge in [0.2, 0.25) is 10.0 Å². The molecule has 0 aromatic heterocycles. The highest BCUT2D eigenvalue weighted by atomic mass is 32.2. The molecule has 2 N–H and O–H groups in total. The fourth-order valence-corrected chi connectivity index (χ4v) is 2.38. The van der Waals surface area contributed by atoms with Crippen LogP contribution in [0.4, 0.5) is 0 Å². The van der Waals surface area contributed by atoms with E-state index in [0.29, 0.717) is 19.8 Å². The highest BCUT2D eigenvalue weighted by Gasteiger charge is 2.24. The second-order valence-electron chi connectivity index (χ2n) is 4.33. The maximum absolute atomic E-state index is 11.0. The van der Waals surface area contributed by atoms with E-state index in [9.17, 15) is 8.42 Å². The van der Waals surface area contributed by atoms with Crippen LogP contribution in [0.1, 0.15) is 13.8 Å². The normalized spacial score (nSPS) is 20.3. The number of sulfonamides is 1. The van der Waals surface area contributed by atoms with Crippen molar-refractivity contribution in [2.75, 3.05) is 25.6 Å². The Balaban J connectivity index is 2.36. The van der Waals surface area contributed by atoms with Crippen LogP contribution in [-0.4, -0.2) is 40.1 Å². The van der Waals surface area contributed by atoms with Gasteiger partial charge < -0.3 is 9.47 Å². The van der Waals surface area contributed by atoms with Crippen LogP contribution in [0, 0.1) is 11.8 Å². The monoisotopic (exact) mass is 237 g/mol. The number of nitrogens with two attached hydrogens (primary N) is 1. The van der Waals surface area contributed by atoms with Crippen LogP contribution in [0.15, 0.2) is 0 Å². The van der Waals surface area contributed by atoms with E-state index in [0.717, 1.165) is 0 Å². The quantitative estimate of drug-likeness (QED) is 0.703. The summed E-state index contributed by atoms with van der Waals surface area (Å²) in [5.74, 6) is 0.183. The number of ether oxygens (including phenoxy) is 2. The van der Waals surface area contributed by atoms with E-state index in [1.165, 1.54) is 0 Å². The summed E-state index contributed by atoms with van der Waals surface area (Å²) < 4.78 is 32.4. The first kappa shape index (κ1) is 12.9. The zero-order valence-electron chi connectivity index (χ0n) is 9.18. The molecule has 1 rings (SSSR count). The van der Waals surface area contributed by atoms with Crippen LogP contribution in [-0.2, 0) is 19.5 Å². The molecule has 0 aromatic rings. The second kappa shape index (κ2) is 5.25. The minimum Gasteiger partial charge on any atom is -0.376 e. The number of hydrogen-bond donors (Lipinski definition) is 1. The molecule has 1 aliphatic rings. The van der Waals surface area contributed by atoms with Gasteiger partial charge in [0.25, 0.3) is 0 Å². The summed E-state index contributed by atoms with van der Waals surface area (Å²) in [5.41, 5.74) is 0. The molecule has 1 saturated heterocycles. The Labute approximate surface area is 91.0 Å². The van der Waals surface area contributed by atoms with Crippen LogP contribution < -0.4 is 5.14 Å². The van der Waals surface area contributed by atoms with Gasteiger partial charge in [0, 0.05) is 0 Å². The fraction of sp³-hybridized carbons (Fsp3) is 1.00. The first-order valence-corrected chi connectivity index (χ1v) is 6.80. The molecule has 5 nitrogen and oxygen atoms in total. The van der Waals surface area contributed by atoms with Crippen LogP contribution in [0.2, 0.25) is 0 Å². The van der Waals surface area contributed by atoms with Crippen molar-refractivity contribution in [1.29, 1.82) is 0 Å². The predicted octanol–water partition coefficient (Wildman–Crippen LogP) is -0.0375. The van der Waals surface area contributed by atoms with Gasteiger partial charge in [-0.3, -0.25) is 0 Å². The zero-order valence-corrected chi connectivity index (χ0v) is 10.00. The minimum absolute atomic E-state index is 0.0156. The lowest BCUT2D eigenvalue weighted by Gasteiger charge is -2.29. The van der Waals surface area contributed by atoms with E-state index in [4.69, 9.17) is 14.6 Å². The van der Waals surface area contributed by atoms with Crippen LogP contribution >= 0.6 is 0 Å². The van der Waals surface area contributed by atoms with Gasteiger partial charge in [-0.1, -0.05) is 13.8 Å². The first-order valence-electron chi connectivity index (χ1n) is 5.08. The minimum atomic E-state index is -3.42. The fourth-order valence-electron chi connectivity index (χ4n) is 1.30. The van der Waals surface area contributed by atoms with Crippen molar-refractivity contribution in [1.82, 2.24) is 0 Å². The van der Waals surface area contributed by atoms with E-state index in [1.54, 1.807) is 0 Å². The van der Waals surface area contributed by atoms with Gasteiger partial charge in [-0.2, -0.15) is 0 Å². The molecule has 1 heterocycles. The van der Waals surface area contributed by atoms with Crippen molar-refractivity contribution in [3.05, 3.63) is 0 Å². The summed E-state index contributed by atoms with van der Waals surface area (Å²) >= 11 is 0. The van der Waals surface area contributed by atoms with E-state index < -0.39 is 10.0 Å². The van der Waals surface area contributed by atoms with Gasteiger partial charge in [0.15, 0.2) is 0 Å². The average Bonchev–Trinajstić information content (AvgIpc) is 1.96. The molecule has 1 atom stereocenters. The Morgan fingerprint density at radius 3 is 2.40 bits per heavy atom. The molecule has 0 amide bonds. The third-order valence-corrected chi connectivity index (χ3v) is 3.44. The molecule has 0 aromatic carbocycles. The lowest BCUT2D eigenvalue weighted by molar-refractivity contribution is -0.137. The molecule has 0 saturated carbocycles. The molecular formula is C9H19NO4S. The molecule has 0 bridgehead atoms. The zero-order chi connectivity index (χ0) is 11.5. The standard InChI is InChI=1S/C9H19NO4S/c1-7(2)8(6-15(10,11)12)3-14-9-4-13-5-9/h7-9H,3-6H2,1-2H3,(H2,10,11,12). The Bertz CT molecular complexity index is 284. The molecule has 0 spiro atoms. The SMILES string of the molecule is CC(C)C(COC1COC1)CS(N)(=O)=O. The van der Waals surface area contributed by atoms with Crippen LogP contribution in [0.3, 0.4) is 0 Å². The Hall–Kier alpha value is -0.170. The molecule has 90 valence electrons. The molecular weight excluding hydrogens is 218 g/mol. The van der Waals surface area contributed by atoms with Crippen LogP contribution in [0.5, 0.6) is 0 Å². The third kappa shape index (κ3) is 4.92. The summed E-state index contributed by atoms with van der Waals surface area (Å²) in [4.78, 5) is 0. The van der Waals surface area contributed by atoms with Gasteiger partial charge >= 0.3 is 0 Å². The molecule has 1 fully saturated rings. The van der Waals surface area contributed by atoms with Gasteiger partial charge in [-0.25, -0.2) is 13.6 Å². The maximum Gasteiger partial charge on any atom is 0.209 e.